The SMILES string of the molecule is CCCCN1C(=O)COc2cc(Br)c(NC(=O)C3=C(C(N)=O)CCCC3)cc21. The maximum atomic E-state index is 12.8. The molecule has 1 aromatic carbocycles. The molecule has 3 N–H and O–H groups in total. The highest BCUT2D eigenvalue weighted by Crippen LogP contribution is 2.40. The number of fused-ring (bicyclic) bond motifs is 1. The molecule has 1 aliphatic heterocycles. The number of carbonyl (C=O) groups excluding carboxylic acids is 3. The average Bonchev–Trinajstić information content (AvgIpc) is 2.68. The zero-order valence-electron chi connectivity index (χ0n) is 15.8. The minimum atomic E-state index is -0.543. The summed E-state index contributed by atoms with van der Waals surface area (Å²) in [6.45, 7) is 2.66. The Morgan fingerprint density at radius 2 is 1.96 bits per heavy atom. The minimum absolute atomic E-state index is 0.00369. The summed E-state index contributed by atoms with van der Waals surface area (Å²) < 4.78 is 6.19. The number of amides is 3. The van der Waals surface area contributed by atoms with Crippen LogP contribution in [0.1, 0.15) is 45.4 Å². The summed E-state index contributed by atoms with van der Waals surface area (Å²) in [6, 6.07) is 3.48. The van der Waals surface area contributed by atoms with E-state index in [4.69, 9.17) is 10.5 Å². The van der Waals surface area contributed by atoms with Gasteiger partial charge in [0.2, 0.25) is 5.91 Å². The molecule has 1 aliphatic carbocycles. The lowest BCUT2D eigenvalue weighted by atomic mass is 9.90. The Kier molecular flexibility index (Phi) is 6.39. The van der Waals surface area contributed by atoms with Crippen molar-refractivity contribution in [1.29, 1.82) is 0 Å². The van der Waals surface area contributed by atoms with Gasteiger partial charge in [-0.3, -0.25) is 14.4 Å². The third-order valence-corrected chi connectivity index (χ3v) is 5.67. The first-order valence-corrected chi connectivity index (χ1v) is 10.3. The van der Waals surface area contributed by atoms with Gasteiger partial charge in [-0.25, -0.2) is 0 Å². The van der Waals surface area contributed by atoms with Gasteiger partial charge in [-0.05, 0) is 60.2 Å². The lowest BCUT2D eigenvalue weighted by Crippen LogP contribution is -2.39. The Morgan fingerprint density at radius 1 is 1.25 bits per heavy atom. The summed E-state index contributed by atoms with van der Waals surface area (Å²) in [5, 5.41) is 2.86. The van der Waals surface area contributed by atoms with Crippen LogP contribution in [-0.4, -0.2) is 30.9 Å². The molecule has 7 nitrogen and oxygen atoms in total. The van der Waals surface area contributed by atoms with Crippen molar-refractivity contribution in [1.82, 2.24) is 0 Å². The topological polar surface area (TPSA) is 102 Å². The highest BCUT2D eigenvalue weighted by molar-refractivity contribution is 9.10. The van der Waals surface area contributed by atoms with Crippen molar-refractivity contribution in [3.05, 3.63) is 27.8 Å². The van der Waals surface area contributed by atoms with Crippen LogP contribution in [-0.2, 0) is 14.4 Å². The summed E-state index contributed by atoms with van der Waals surface area (Å²) in [5.74, 6) is -0.391. The number of halogens is 1. The fourth-order valence-electron chi connectivity index (χ4n) is 3.50. The molecule has 0 saturated heterocycles. The molecular weight excluding hydrogens is 426 g/mol. The highest BCUT2D eigenvalue weighted by Gasteiger charge is 2.28. The number of rotatable bonds is 6. The van der Waals surface area contributed by atoms with Crippen molar-refractivity contribution in [2.24, 2.45) is 5.73 Å². The van der Waals surface area contributed by atoms with E-state index in [9.17, 15) is 14.4 Å². The van der Waals surface area contributed by atoms with Crippen molar-refractivity contribution >= 4 is 45.0 Å². The Bertz CT molecular complexity index is 850. The van der Waals surface area contributed by atoms with Gasteiger partial charge >= 0.3 is 0 Å². The van der Waals surface area contributed by atoms with Gasteiger partial charge in [0.15, 0.2) is 6.61 Å². The number of benzene rings is 1. The summed E-state index contributed by atoms with van der Waals surface area (Å²) in [7, 11) is 0. The predicted molar refractivity (Wildman–Crippen MR) is 110 cm³/mol. The van der Waals surface area contributed by atoms with Crippen LogP contribution < -0.4 is 20.7 Å². The van der Waals surface area contributed by atoms with E-state index in [0.717, 1.165) is 25.7 Å². The zero-order valence-corrected chi connectivity index (χ0v) is 17.4. The second-order valence-corrected chi connectivity index (χ2v) is 7.82. The molecule has 1 heterocycles. The molecule has 0 atom stereocenters. The molecule has 8 heteroatoms. The van der Waals surface area contributed by atoms with E-state index in [1.807, 2.05) is 0 Å². The van der Waals surface area contributed by atoms with Crippen LogP contribution in [0.25, 0.3) is 0 Å². The van der Waals surface area contributed by atoms with E-state index in [-0.39, 0.29) is 18.4 Å². The van der Waals surface area contributed by atoms with Gasteiger partial charge in [-0.1, -0.05) is 13.3 Å². The molecular formula is C20H24BrN3O4. The van der Waals surface area contributed by atoms with Gasteiger partial charge in [0.05, 0.1) is 11.4 Å². The Labute approximate surface area is 172 Å². The summed E-state index contributed by atoms with van der Waals surface area (Å²) >= 11 is 3.45. The maximum absolute atomic E-state index is 12.8. The number of carbonyl (C=O) groups is 3. The van der Waals surface area contributed by atoms with Crippen molar-refractivity contribution < 1.29 is 19.1 Å². The van der Waals surface area contributed by atoms with Gasteiger partial charge in [0.25, 0.3) is 11.8 Å². The molecule has 0 radical (unpaired) electrons. The normalized spacial score (nSPS) is 16.5. The quantitative estimate of drug-likeness (QED) is 0.695. The van der Waals surface area contributed by atoms with Crippen molar-refractivity contribution in [2.75, 3.05) is 23.4 Å². The average molecular weight is 450 g/mol. The van der Waals surface area contributed by atoms with Crippen LogP contribution in [0, 0.1) is 0 Å². The summed E-state index contributed by atoms with van der Waals surface area (Å²) in [6.07, 6.45) is 4.58. The standard InChI is InChI=1S/C20H24BrN3O4/c1-2-3-8-24-16-10-15(14(21)9-17(16)28-11-18(24)25)23-20(27)13-7-5-4-6-12(13)19(22)26/h9-10H,2-8,11H2,1H3,(H2,22,26)(H,23,27). The van der Waals surface area contributed by atoms with Gasteiger partial charge in [-0.2, -0.15) is 0 Å². The van der Waals surface area contributed by atoms with Crippen molar-refractivity contribution in [3.8, 4) is 5.75 Å². The number of ether oxygens (including phenoxy) is 1. The molecule has 28 heavy (non-hydrogen) atoms. The smallest absolute Gasteiger partial charge is 0.265 e. The number of nitrogens with two attached hydrogens (primary N) is 1. The van der Waals surface area contributed by atoms with E-state index in [1.165, 1.54) is 0 Å². The van der Waals surface area contributed by atoms with Crippen molar-refractivity contribution in [3.63, 3.8) is 0 Å². The van der Waals surface area contributed by atoms with Crippen LogP contribution in [0.5, 0.6) is 5.75 Å². The monoisotopic (exact) mass is 449 g/mol. The largest absolute Gasteiger partial charge is 0.482 e. The van der Waals surface area contributed by atoms with Crippen molar-refractivity contribution in [2.45, 2.75) is 45.4 Å². The zero-order chi connectivity index (χ0) is 20.3. The molecule has 0 bridgehead atoms. The lowest BCUT2D eigenvalue weighted by molar-refractivity contribution is -0.121. The summed E-state index contributed by atoms with van der Waals surface area (Å²) in [5.41, 5.74) is 7.44. The second-order valence-electron chi connectivity index (χ2n) is 6.97. The number of primary amides is 1. The first kappa shape index (κ1) is 20.4. The van der Waals surface area contributed by atoms with E-state index < -0.39 is 5.91 Å². The maximum Gasteiger partial charge on any atom is 0.265 e. The van der Waals surface area contributed by atoms with E-state index in [1.54, 1.807) is 17.0 Å². The first-order chi connectivity index (χ1) is 13.4. The molecule has 3 rings (SSSR count). The molecule has 150 valence electrons. The highest BCUT2D eigenvalue weighted by atomic mass is 79.9. The molecule has 0 spiro atoms. The van der Waals surface area contributed by atoms with Gasteiger partial charge in [0.1, 0.15) is 5.75 Å². The molecule has 2 aliphatic rings. The van der Waals surface area contributed by atoms with E-state index >= 15 is 0 Å². The number of hydrogen-bond donors (Lipinski definition) is 2. The Balaban J connectivity index is 1.91. The summed E-state index contributed by atoms with van der Waals surface area (Å²) in [4.78, 5) is 38.5. The number of anilines is 2. The predicted octanol–water partition coefficient (Wildman–Crippen LogP) is 3.27. The Hall–Kier alpha value is -2.35. The Morgan fingerprint density at radius 3 is 2.64 bits per heavy atom. The van der Waals surface area contributed by atoms with Crippen LogP contribution in [0.3, 0.4) is 0 Å². The van der Waals surface area contributed by atoms with Crippen LogP contribution in [0.15, 0.2) is 27.8 Å². The van der Waals surface area contributed by atoms with Crippen LogP contribution in [0.2, 0.25) is 0 Å². The number of nitrogens with zero attached hydrogens (tertiary/aromatic N) is 1. The van der Waals surface area contributed by atoms with Gasteiger partial charge in [0, 0.05) is 22.2 Å². The van der Waals surface area contributed by atoms with Gasteiger partial charge in [-0.15, -0.1) is 0 Å². The molecule has 0 fully saturated rings. The molecule has 0 aromatic heterocycles. The lowest BCUT2D eigenvalue weighted by Gasteiger charge is -2.30. The van der Waals surface area contributed by atoms with E-state index in [2.05, 4.69) is 28.2 Å². The number of hydrogen-bond acceptors (Lipinski definition) is 4. The molecule has 0 unspecified atom stereocenters. The fourth-order valence-corrected chi connectivity index (χ4v) is 3.93. The second kappa shape index (κ2) is 8.77. The molecule has 3 amide bonds. The minimum Gasteiger partial charge on any atom is -0.482 e. The fraction of sp³-hybridized carbons (Fsp3) is 0.450. The van der Waals surface area contributed by atoms with Crippen LogP contribution in [0.4, 0.5) is 11.4 Å². The van der Waals surface area contributed by atoms with E-state index in [0.29, 0.717) is 52.1 Å². The third-order valence-electron chi connectivity index (χ3n) is 5.01. The third kappa shape index (κ3) is 4.22. The first-order valence-electron chi connectivity index (χ1n) is 9.52. The number of unbranched alkanes of at least 4 members (excludes halogenated alkanes) is 1. The number of nitrogens with one attached hydrogen (secondary N) is 1. The molecule has 1 aromatic rings. The molecule has 0 saturated carbocycles. The van der Waals surface area contributed by atoms with Crippen LogP contribution >= 0.6 is 15.9 Å². The van der Waals surface area contributed by atoms with Gasteiger partial charge < -0.3 is 20.7 Å².